The Morgan fingerprint density at radius 2 is 1.63 bits per heavy atom. The number of ether oxygens (including phenoxy) is 6. The smallest absolute Gasteiger partial charge is 0.299 e. The van der Waals surface area contributed by atoms with E-state index in [9.17, 15) is 4.79 Å². The number of anilines is 1. The molecule has 0 bridgehead atoms. The Morgan fingerprint density at radius 3 is 2.23 bits per heavy atom. The predicted molar refractivity (Wildman–Crippen MR) is 128 cm³/mol. The van der Waals surface area contributed by atoms with Gasteiger partial charge in [0.15, 0.2) is 11.5 Å². The summed E-state index contributed by atoms with van der Waals surface area (Å²) in [6, 6.07) is 7.47. The van der Waals surface area contributed by atoms with Crippen LogP contribution in [0.25, 0.3) is 10.9 Å². The second-order valence-electron chi connectivity index (χ2n) is 7.71. The SMILES string of the molecule is COc1cc(OC)cc(C2CN(c3c(OC=O)nnc4c(OC)c(OC)c(OC)cc34)CCN2)c1. The summed E-state index contributed by atoms with van der Waals surface area (Å²) in [6.45, 7) is 2.18. The lowest BCUT2D eigenvalue weighted by molar-refractivity contribution is -0.120. The fourth-order valence-electron chi connectivity index (χ4n) is 4.32. The number of aromatic nitrogens is 2. The van der Waals surface area contributed by atoms with Gasteiger partial charge in [0.05, 0.1) is 41.6 Å². The van der Waals surface area contributed by atoms with Crippen LogP contribution < -0.4 is 38.6 Å². The van der Waals surface area contributed by atoms with Gasteiger partial charge in [0.2, 0.25) is 5.75 Å². The zero-order valence-corrected chi connectivity index (χ0v) is 20.3. The maximum atomic E-state index is 11.3. The Bertz CT molecular complexity index is 1200. The lowest BCUT2D eigenvalue weighted by atomic mass is 10.0. The molecule has 1 unspecified atom stereocenters. The number of carbonyl (C=O) groups excluding carboxylic acids is 1. The number of benzene rings is 2. The summed E-state index contributed by atoms with van der Waals surface area (Å²) >= 11 is 0. The molecule has 0 amide bonds. The summed E-state index contributed by atoms with van der Waals surface area (Å²) in [4.78, 5) is 13.4. The van der Waals surface area contributed by atoms with Crippen LogP contribution in [-0.4, -0.2) is 71.9 Å². The van der Waals surface area contributed by atoms with Crippen LogP contribution in [0.2, 0.25) is 0 Å². The van der Waals surface area contributed by atoms with Crippen LogP contribution >= 0.6 is 0 Å². The topological polar surface area (TPSA) is 114 Å². The maximum Gasteiger partial charge on any atom is 0.299 e. The molecule has 0 saturated carbocycles. The van der Waals surface area contributed by atoms with Gasteiger partial charge in [-0.15, -0.1) is 10.2 Å². The summed E-state index contributed by atoms with van der Waals surface area (Å²) < 4.78 is 32.8. The molecule has 35 heavy (non-hydrogen) atoms. The van der Waals surface area contributed by atoms with Crippen molar-refractivity contribution in [2.45, 2.75) is 6.04 Å². The molecule has 0 aliphatic carbocycles. The van der Waals surface area contributed by atoms with Gasteiger partial charge in [-0.1, -0.05) is 0 Å². The molecular weight excluding hydrogens is 456 g/mol. The molecule has 1 aliphatic heterocycles. The highest BCUT2D eigenvalue weighted by molar-refractivity contribution is 6.00. The van der Waals surface area contributed by atoms with Gasteiger partial charge in [0, 0.05) is 31.1 Å². The summed E-state index contributed by atoms with van der Waals surface area (Å²) in [7, 11) is 7.81. The number of methoxy groups -OCH3 is 5. The molecule has 1 aromatic heterocycles. The van der Waals surface area contributed by atoms with Crippen molar-refractivity contribution in [3.05, 3.63) is 29.8 Å². The van der Waals surface area contributed by atoms with E-state index in [1.54, 1.807) is 20.3 Å². The van der Waals surface area contributed by atoms with E-state index in [1.165, 1.54) is 21.3 Å². The van der Waals surface area contributed by atoms with Gasteiger partial charge < -0.3 is 38.6 Å². The zero-order chi connectivity index (χ0) is 24.9. The fraction of sp³-hybridized carbons (Fsp3) is 0.375. The highest BCUT2D eigenvalue weighted by atomic mass is 16.5. The van der Waals surface area contributed by atoms with Crippen molar-refractivity contribution in [3.8, 4) is 34.6 Å². The van der Waals surface area contributed by atoms with Crippen molar-refractivity contribution < 1.29 is 33.2 Å². The first-order valence-corrected chi connectivity index (χ1v) is 10.9. The average molecular weight is 485 g/mol. The van der Waals surface area contributed by atoms with Crippen LogP contribution in [0.1, 0.15) is 11.6 Å². The number of rotatable bonds is 9. The Hall–Kier alpha value is -3.99. The molecule has 11 nitrogen and oxygen atoms in total. The number of nitrogens with zero attached hydrogens (tertiary/aromatic N) is 3. The van der Waals surface area contributed by atoms with Gasteiger partial charge in [0.1, 0.15) is 22.7 Å². The molecule has 0 spiro atoms. The molecule has 2 heterocycles. The minimum atomic E-state index is -0.0675. The summed E-state index contributed by atoms with van der Waals surface area (Å²) in [5.41, 5.74) is 2.05. The van der Waals surface area contributed by atoms with E-state index < -0.39 is 0 Å². The second-order valence-corrected chi connectivity index (χ2v) is 7.71. The lowest BCUT2D eigenvalue weighted by Gasteiger charge is -2.36. The first kappa shape index (κ1) is 24.1. The third-order valence-electron chi connectivity index (χ3n) is 5.93. The van der Waals surface area contributed by atoms with E-state index in [-0.39, 0.29) is 11.9 Å². The average Bonchev–Trinajstić information content (AvgIpc) is 2.91. The highest BCUT2D eigenvalue weighted by Gasteiger charge is 2.29. The Balaban J connectivity index is 1.85. The van der Waals surface area contributed by atoms with Crippen LogP contribution in [0.4, 0.5) is 5.69 Å². The van der Waals surface area contributed by atoms with E-state index in [1.807, 2.05) is 18.2 Å². The van der Waals surface area contributed by atoms with Crippen LogP contribution in [-0.2, 0) is 4.79 Å². The lowest BCUT2D eigenvalue weighted by Crippen LogP contribution is -2.46. The van der Waals surface area contributed by atoms with Gasteiger partial charge in [-0.25, -0.2) is 0 Å². The molecule has 1 atom stereocenters. The van der Waals surface area contributed by atoms with Crippen molar-refractivity contribution >= 4 is 23.1 Å². The Kier molecular flexibility index (Phi) is 7.25. The first-order valence-electron chi connectivity index (χ1n) is 10.9. The van der Waals surface area contributed by atoms with Crippen molar-refractivity contribution in [2.75, 3.05) is 60.1 Å². The number of piperazine rings is 1. The maximum absolute atomic E-state index is 11.3. The number of fused-ring (bicyclic) bond motifs is 1. The highest BCUT2D eigenvalue weighted by Crippen LogP contribution is 2.47. The minimum Gasteiger partial charge on any atom is -0.497 e. The van der Waals surface area contributed by atoms with Gasteiger partial charge in [-0.3, -0.25) is 4.79 Å². The van der Waals surface area contributed by atoms with Crippen molar-refractivity contribution in [3.63, 3.8) is 0 Å². The number of carbonyl (C=O) groups is 1. The van der Waals surface area contributed by atoms with Gasteiger partial charge in [0.25, 0.3) is 12.4 Å². The quantitative estimate of drug-likeness (QED) is 0.452. The Morgan fingerprint density at radius 1 is 0.914 bits per heavy atom. The second kappa shape index (κ2) is 10.5. The van der Waals surface area contributed by atoms with Crippen LogP contribution in [0, 0.1) is 0 Å². The molecule has 1 aliphatic rings. The molecule has 2 aromatic carbocycles. The van der Waals surface area contributed by atoms with Crippen LogP contribution in [0.5, 0.6) is 34.6 Å². The van der Waals surface area contributed by atoms with Crippen LogP contribution in [0.15, 0.2) is 24.3 Å². The predicted octanol–water partition coefficient (Wildman–Crippen LogP) is 2.36. The minimum absolute atomic E-state index is 0.0675. The van der Waals surface area contributed by atoms with Gasteiger partial charge in [-0.05, 0) is 23.8 Å². The molecule has 186 valence electrons. The van der Waals surface area contributed by atoms with Crippen molar-refractivity contribution in [1.82, 2.24) is 15.5 Å². The van der Waals surface area contributed by atoms with Gasteiger partial charge >= 0.3 is 0 Å². The van der Waals surface area contributed by atoms with Gasteiger partial charge in [-0.2, -0.15) is 0 Å². The first-order chi connectivity index (χ1) is 17.1. The molecule has 1 saturated heterocycles. The van der Waals surface area contributed by atoms with E-state index in [0.717, 1.165) is 5.56 Å². The summed E-state index contributed by atoms with van der Waals surface area (Å²) in [5, 5.41) is 12.6. The van der Waals surface area contributed by atoms with Crippen molar-refractivity contribution in [2.24, 2.45) is 0 Å². The number of hydrogen-bond donors (Lipinski definition) is 1. The van der Waals surface area contributed by atoms with Crippen molar-refractivity contribution in [1.29, 1.82) is 0 Å². The van der Waals surface area contributed by atoms with E-state index in [4.69, 9.17) is 28.4 Å². The third kappa shape index (κ3) is 4.54. The molecule has 3 aromatic rings. The van der Waals surface area contributed by atoms with E-state index in [2.05, 4.69) is 20.4 Å². The zero-order valence-electron chi connectivity index (χ0n) is 20.3. The molecule has 0 radical (unpaired) electrons. The summed E-state index contributed by atoms with van der Waals surface area (Å²) in [5.74, 6) is 2.70. The molecule has 4 rings (SSSR count). The number of nitrogens with one attached hydrogen (secondary N) is 1. The largest absolute Gasteiger partial charge is 0.497 e. The van der Waals surface area contributed by atoms with E-state index in [0.29, 0.717) is 71.4 Å². The molecule has 1 N–H and O–H groups in total. The standard InChI is InChI=1S/C24H28N4O7/c1-30-15-8-14(9-16(10-15)31-2)18-12-28(7-6-25-18)21-17-11-19(32-3)22(33-4)23(34-5)20(17)26-27-24(21)35-13-29/h8-11,13,18,25H,6-7,12H2,1-5H3. The third-order valence-corrected chi connectivity index (χ3v) is 5.93. The monoisotopic (exact) mass is 484 g/mol. The summed E-state index contributed by atoms with van der Waals surface area (Å²) in [6.07, 6.45) is 0. The molecular formula is C24H28N4O7. The molecule has 1 fully saturated rings. The molecule has 11 heteroatoms. The normalized spacial score (nSPS) is 15.5. The number of hydrogen-bond acceptors (Lipinski definition) is 11. The van der Waals surface area contributed by atoms with Crippen LogP contribution in [0.3, 0.4) is 0 Å². The fourth-order valence-corrected chi connectivity index (χ4v) is 4.32. The van der Waals surface area contributed by atoms with E-state index >= 15 is 0 Å². The Labute approximate surface area is 202 Å².